The summed E-state index contributed by atoms with van der Waals surface area (Å²) in [5.41, 5.74) is 1.07. The van der Waals surface area contributed by atoms with Gasteiger partial charge in [0.1, 0.15) is 6.10 Å². The number of carbonyl (C=O) groups is 1. The zero-order valence-electron chi connectivity index (χ0n) is 8.36. The SMILES string of the molecule is O=C1O[C@@H](CCBr)CC1c1ccccc1. The predicted molar refractivity (Wildman–Crippen MR) is 62.1 cm³/mol. The van der Waals surface area contributed by atoms with Crippen LogP contribution in [0.15, 0.2) is 30.3 Å². The summed E-state index contributed by atoms with van der Waals surface area (Å²) in [5, 5.41) is 0.881. The zero-order chi connectivity index (χ0) is 10.7. The Hall–Kier alpha value is -0.830. The van der Waals surface area contributed by atoms with Gasteiger partial charge in [0.25, 0.3) is 0 Å². The third-order valence-corrected chi connectivity index (χ3v) is 3.16. The number of ether oxygens (including phenoxy) is 1. The average molecular weight is 269 g/mol. The van der Waals surface area contributed by atoms with Crippen LogP contribution in [0.5, 0.6) is 0 Å². The third kappa shape index (κ3) is 2.40. The topological polar surface area (TPSA) is 26.3 Å². The maximum absolute atomic E-state index is 11.6. The summed E-state index contributed by atoms with van der Waals surface area (Å²) in [6, 6.07) is 9.85. The first-order chi connectivity index (χ1) is 7.31. The van der Waals surface area contributed by atoms with Crippen molar-refractivity contribution >= 4 is 21.9 Å². The van der Waals surface area contributed by atoms with Crippen LogP contribution in [0.4, 0.5) is 0 Å². The fraction of sp³-hybridized carbons (Fsp3) is 0.417. The van der Waals surface area contributed by atoms with E-state index in [0.717, 1.165) is 23.7 Å². The lowest BCUT2D eigenvalue weighted by atomic mass is 9.95. The van der Waals surface area contributed by atoms with E-state index in [1.54, 1.807) is 0 Å². The van der Waals surface area contributed by atoms with Gasteiger partial charge in [0, 0.05) is 11.8 Å². The Bertz CT molecular complexity index is 337. The summed E-state index contributed by atoms with van der Waals surface area (Å²) in [6.45, 7) is 0. The van der Waals surface area contributed by atoms with Gasteiger partial charge in [0.15, 0.2) is 0 Å². The maximum Gasteiger partial charge on any atom is 0.313 e. The molecule has 0 amide bonds. The summed E-state index contributed by atoms with van der Waals surface area (Å²) in [6.07, 6.45) is 1.80. The molecular weight excluding hydrogens is 256 g/mol. The van der Waals surface area contributed by atoms with Crippen LogP contribution in [0.3, 0.4) is 0 Å². The van der Waals surface area contributed by atoms with Crippen LogP contribution in [0.1, 0.15) is 24.3 Å². The predicted octanol–water partition coefficient (Wildman–Crippen LogP) is 2.87. The van der Waals surface area contributed by atoms with Crippen LogP contribution in [0, 0.1) is 0 Å². The summed E-state index contributed by atoms with van der Waals surface area (Å²) in [5.74, 6) is -0.137. The minimum atomic E-state index is -0.0767. The Morgan fingerprint density at radius 2 is 2.07 bits per heavy atom. The van der Waals surface area contributed by atoms with E-state index >= 15 is 0 Å². The third-order valence-electron chi connectivity index (χ3n) is 2.70. The Morgan fingerprint density at radius 3 is 2.73 bits per heavy atom. The minimum absolute atomic E-state index is 0.0600. The number of rotatable bonds is 3. The van der Waals surface area contributed by atoms with Gasteiger partial charge in [0.05, 0.1) is 5.92 Å². The Kier molecular flexibility index (Phi) is 3.41. The number of esters is 1. The van der Waals surface area contributed by atoms with Gasteiger partial charge in [-0.2, -0.15) is 0 Å². The molecule has 80 valence electrons. The number of alkyl halides is 1. The molecule has 0 spiro atoms. The van der Waals surface area contributed by atoms with Crippen LogP contribution in [0.25, 0.3) is 0 Å². The molecule has 0 aliphatic carbocycles. The molecule has 3 heteroatoms. The average Bonchev–Trinajstić information content (AvgIpc) is 2.61. The molecule has 0 N–H and O–H groups in total. The van der Waals surface area contributed by atoms with E-state index in [1.165, 1.54) is 0 Å². The summed E-state index contributed by atoms with van der Waals surface area (Å²) in [7, 11) is 0. The molecule has 2 atom stereocenters. The van der Waals surface area contributed by atoms with Crippen molar-refractivity contribution in [3.05, 3.63) is 35.9 Å². The molecule has 1 unspecified atom stereocenters. The fourth-order valence-corrected chi connectivity index (χ4v) is 2.42. The van der Waals surface area contributed by atoms with Gasteiger partial charge in [-0.15, -0.1) is 0 Å². The van der Waals surface area contributed by atoms with Crippen LogP contribution < -0.4 is 0 Å². The first-order valence-electron chi connectivity index (χ1n) is 5.12. The van der Waals surface area contributed by atoms with E-state index < -0.39 is 0 Å². The van der Waals surface area contributed by atoms with Crippen LogP contribution in [0.2, 0.25) is 0 Å². The molecule has 1 aromatic rings. The highest BCUT2D eigenvalue weighted by molar-refractivity contribution is 9.09. The Balaban J connectivity index is 2.09. The molecule has 1 aliphatic heterocycles. The number of hydrogen-bond donors (Lipinski definition) is 0. The van der Waals surface area contributed by atoms with Crippen molar-refractivity contribution in [1.29, 1.82) is 0 Å². The van der Waals surface area contributed by atoms with Crippen LogP contribution in [-0.2, 0) is 9.53 Å². The highest BCUT2D eigenvalue weighted by Gasteiger charge is 2.34. The molecule has 1 aliphatic rings. The van der Waals surface area contributed by atoms with Crippen molar-refractivity contribution < 1.29 is 9.53 Å². The van der Waals surface area contributed by atoms with Crippen LogP contribution >= 0.6 is 15.9 Å². The number of cyclic esters (lactones) is 1. The van der Waals surface area contributed by atoms with Crippen molar-refractivity contribution in [3.63, 3.8) is 0 Å². The van der Waals surface area contributed by atoms with Crippen molar-refractivity contribution in [1.82, 2.24) is 0 Å². The molecule has 1 fully saturated rings. The van der Waals surface area contributed by atoms with Gasteiger partial charge in [-0.3, -0.25) is 4.79 Å². The van der Waals surface area contributed by atoms with Gasteiger partial charge < -0.3 is 4.74 Å². The smallest absolute Gasteiger partial charge is 0.313 e. The highest BCUT2D eigenvalue weighted by atomic mass is 79.9. The van der Waals surface area contributed by atoms with E-state index in [-0.39, 0.29) is 18.0 Å². The maximum atomic E-state index is 11.6. The normalized spacial score (nSPS) is 25.3. The summed E-state index contributed by atoms with van der Waals surface area (Å²) >= 11 is 3.36. The largest absolute Gasteiger partial charge is 0.462 e. The second kappa shape index (κ2) is 4.79. The molecule has 1 saturated heterocycles. The van der Waals surface area contributed by atoms with Crippen molar-refractivity contribution in [2.24, 2.45) is 0 Å². The molecule has 15 heavy (non-hydrogen) atoms. The van der Waals surface area contributed by atoms with Gasteiger partial charge in [-0.25, -0.2) is 0 Å². The minimum Gasteiger partial charge on any atom is -0.462 e. The Labute approximate surface area is 97.8 Å². The lowest BCUT2D eigenvalue weighted by molar-refractivity contribution is -0.142. The van der Waals surface area contributed by atoms with E-state index in [2.05, 4.69) is 15.9 Å². The summed E-state index contributed by atoms with van der Waals surface area (Å²) in [4.78, 5) is 11.6. The fourth-order valence-electron chi connectivity index (χ4n) is 1.91. The van der Waals surface area contributed by atoms with Gasteiger partial charge in [-0.05, 0) is 12.0 Å². The number of carbonyl (C=O) groups excluding carboxylic acids is 1. The first kappa shape index (κ1) is 10.7. The Morgan fingerprint density at radius 1 is 1.33 bits per heavy atom. The molecule has 0 radical (unpaired) electrons. The number of halogens is 1. The van der Waals surface area contributed by atoms with E-state index in [9.17, 15) is 4.79 Å². The molecule has 1 heterocycles. The molecular formula is C12H13BrO2. The summed E-state index contributed by atoms with van der Waals surface area (Å²) < 4.78 is 5.30. The van der Waals surface area contributed by atoms with Crippen molar-refractivity contribution in [2.45, 2.75) is 24.9 Å². The van der Waals surface area contributed by atoms with Crippen molar-refractivity contribution in [3.8, 4) is 0 Å². The highest BCUT2D eigenvalue weighted by Crippen LogP contribution is 2.32. The second-order valence-corrected chi connectivity index (χ2v) is 4.53. The van der Waals surface area contributed by atoms with E-state index in [1.807, 2.05) is 30.3 Å². The first-order valence-corrected chi connectivity index (χ1v) is 6.25. The van der Waals surface area contributed by atoms with Gasteiger partial charge in [0.2, 0.25) is 0 Å². The lowest BCUT2D eigenvalue weighted by Crippen LogP contribution is -2.06. The molecule has 2 rings (SSSR count). The lowest BCUT2D eigenvalue weighted by Gasteiger charge is -2.05. The van der Waals surface area contributed by atoms with E-state index in [4.69, 9.17) is 4.74 Å². The van der Waals surface area contributed by atoms with Crippen LogP contribution in [-0.4, -0.2) is 17.4 Å². The molecule has 0 saturated carbocycles. The standard InChI is InChI=1S/C12H13BrO2/c13-7-6-10-8-11(12(14)15-10)9-4-2-1-3-5-9/h1-5,10-11H,6-8H2/t10-,11?/m0/s1. The quantitative estimate of drug-likeness (QED) is 0.623. The zero-order valence-corrected chi connectivity index (χ0v) is 9.94. The molecule has 1 aromatic carbocycles. The molecule has 2 nitrogen and oxygen atoms in total. The van der Waals surface area contributed by atoms with Gasteiger partial charge >= 0.3 is 5.97 Å². The molecule has 0 bridgehead atoms. The molecule has 0 aromatic heterocycles. The number of hydrogen-bond acceptors (Lipinski definition) is 2. The van der Waals surface area contributed by atoms with Gasteiger partial charge in [-0.1, -0.05) is 46.3 Å². The van der Waals surface area contributed by atoms with Crippen molar-refractivity contribution in [2.75, 3.05) is 5.33 Å². The number of benzene rings is 1. The van der Waals surface area contributed by atoms with E-state index in [0.29, 0.717) is 0 Å². The monoisotopic (exact) mass is 268 g/mol. The second-order valence-electron chi connectivity index (χ2n) is 3.74.